The molecular formula is C17H36N2O2. The molecule has 4 heteroatoms. The molecule has 0 bridgehead atoms. The molecule has 126 valence electrons. The first-order chi connectivity index (χ1) is 10.0. The van der Waals surface area contributed by atoms with Gasteiger partial charge in [0.2, 0.25) is 0 Å². The Labute approximate surface area is 131 Å². The van der Waals surface area contributed by atoms with Gasteiger partial charge < -0.3 is 9.47 Å². The van der Waals surface area contributed by atoms with Crippen LogP contribution in [0, 0.1) is 0 Å². The van der Waals surface area contributed by atoms with E-state index in [0.29, 0.717) is 18.2 Å². The molecule has 0 aromatic carbocycles. The first-order valence-electron chi connectivity index (χ1n) is 8.72. The van der Waals surface area contributed by atoms with Crippen molar-refractivity contribution in [2.24, 2.45) is 0 Å². The highest BCUT2D eigenvalue weighted by Gasteiger charge is 2.22. The predicted octanol–water partition coefficient (Wildman–Crippen LogP) is 2.62. The quantitative estimate of drug-likeness (QED) is 0.619. The monoisotopic (exact) mass is 300 g/mol. The van der Waals surface area contributed by atoms with Crippen molar-refractivity contribution in [3.8, 4) is 0 Å². The number of piperazine rings is 1. The summed E-state index contributed by atoms with van der Waals surface area (Å²) >= 11 is 0. The Kier molecular flexibility index (Phi) is 9.49. The van der Waals surface area contributed by atoms with Crippen LogP contribution in [0.3, 0.4) is 0 Å². The zero-order valence-corrected chi connectivity index (χ0v) is 14.8. The van der Waals surface area contributed by atoms with Crippen LogP contribution in [0.1, 0.15) is 47.5 Å². The minimum Gasteiger partial charge on any atom is -0.379 e. The third-order valence-corrected chi connectivity index (χ3v) is 4.16. The van der Waals surface area contributed by atoms with Crippen molar-refractivity contribution in [3.05, 3.63) is 0 Å². The Morgan fingerprint density at radius 3 is 1.95 bits per heavy atom. The van der Waals surface area contributed by atoms with Gasteiger partial charge in [0, 0.05) is 45.4 Å². The normalized spacial score (nSPS) is 19.6. The van der Waals surface area contributed by atoms with Crippen LogP contribution in [-0.2, 0) is 9.47 Å². The maximum absolute atomic E-state index is 5.71. The van der Waals surface area contributed by atoms with Gasteiger partial charge in [-0.15, -0.1) is 0 Å². The summed E-state index contributed by atoms with van der Waals surface area (Å²) in [6, 6.07) is 0.679. The minimum atomic E-state index is 0.344. The van der Waals surface area contributed by atoms with Gasteiger partial charge in [0.25, 0.3) is 0 Å². The molecule has 0 aromatic heterocycles. The van der Waals surface area contributed by atoms with Crippen molar-refractivity contribution in [1.29, 1.82) is 0 Å². The Morgan fingerprint density at radius 2 is 1.43 bits per heavy atom. The molecule has 0 amide bonds. The van der Waals surface area contributed by atoms with Gasteiger partial charge in [0.05, 0.1) is 18.8 Å². The van der Waals surface area contributed by atoms with Crippen molar-refractivity contribution >= 4 is 0 Å². The first kappa shape index (κ1) is 18.9. The van der Waals surface area contributed by atoms with E-state index >= 15 is 0 Å². The van der Waals surface area contributed by atoms with Gasteiger partial charge in [0.1, 0.15) is 0 Å². The fraction of sp³-hybridized carbons (Fsp3) is 1.00. The first-order valence-corrected chi connectivity index (χ1v) is 8.72. The van der Waals surface area contributed by atoms with Crippen molar-refractivity contribution in [2.75, 3.05) is 45.9 Å². The third-order valence-electron chi connectivity index (χ3n) is 4.16. The molecule has 0 unspecified atom stereocenters. The van der Waals surface area contributed by atoms with Gasteiger partial charge in [-0.3, -0.25) is 9.80 Å². The van der Waals surface area contributed by atoms with E-state index in [-0.39, 0.29) is 0 Å². The number of hydrogen-bond donors (Lipinski definition) is 0. The molecule has 1 rings (SSSR count). The summed E-state index contributed by atoms with van der Waals surface area (Å²) in [5, 5.41) is 0. The number of ether oxygens (including phenoxy) is 2. The molecule has 1 atom stereocenters. The lowest BCUT2D eigenvalue weighted by molar-refractivity contribution is 0.0245. The molecule has 1 aliphatic heterocycles. The van der Waals surface area contributed by atoms with Crippen LogP contribution in [0.5, 0.6) is 0 Å². The number of nitrogens with zero attached hydrogens (tertiary/aromatic N) is 2. The van der Waals surface area contributed by atoms with E-state index in [1.54, 1.807) is 0 Å². The summed E-state index contributed by atoms with van der Waals surface area (Å²) in [6.45, 7) is 18.2. The van der Waals surface area contributed by atoms with Gasteiger partial charge in [0.15, 0.2) is 0 Å². The largest absolute Gasteiger partial charge is 0.379 e. The van der Waals surface area contributed by atoms with Crippen LogP contribution in [0.15, 0.2) is 0 Å². The lowest BCUT2D eigenvalue weighted by Crippen LogP contribution is -2.51. The number of rotatable bonds is 10. The fourth-order valence-corrected chi connectivity index (χ4v) is 2.85. The van der Waals surface area contributed by atoms with E-state index in [4.69, 9.17) is 9.47 Å². The maximum atomic E-state index is 5.71. The zero-order valence-electron chi connectivity index (χ0n) is 14.8. The third kappa shape index (κ3) is 8.15. The van der Waals surface area contributed by atoms with Gasteiger partial charge in [-0.25, -0.2) is 0 Å². The van der Waals surface area contributed by atoms with Gasteiger partial charge >= 0.3 is 0 Å². The van der Waals surface area contributed by atoms with E-state index in [0.717, 1.165) is 26.2 Å². The average Bonchev–Trinajstić information content (AvgIpc) is 2.44. The lowest BCUT2D eigenvalue weighted by atomic mass is 10.1. The molecule has 0 spiro atoms. The van der Waals surface area contributed by atoms with E-state index in [9.17, 15) is 0 Å². The van der Waals surface area contributed by atoms with E-state index in [2.05, 4.69) is 44.4 Å². The van der Waals surface area contributed by atoms with E-state index in [1.807, 2.05) is 0 Å². The smallest absolute Gasteiger partial charge is 0.0596 e. The van der Waals surface area contributed by atoms with Gasteiger partial charge in [-0.2, -0.15) is 0 Å². The minimum absolute atomic E-state index is 0.344. The molecule has 0 N–H and O–H groups in total. The molecule has 4 nitrogen and oxygen atoms in total. The summed E-state index contributed by atoms with van der Waals surface area (Å²) in [6.07, 6.45) is 3.07. The standard InChI is InChI=1S/C17H36N2O2/c1-6-17(7-13-20-15(2)3)19-10-8-18(9-11-19)12-14-21-16(4)5/h15-17H,6-14H2,1-5H3/t17-/m0/s1. The molecule has 1 heterocycles. The van der Waals surface area contributed by atoms with Crippen LogP contribution in [0.4, 0.5) is 0 Å². The van der Waals surface area contributed by atoms with E-state index in [1.165, 1.54) is 32.6 Å². The molecule has 1 aliphatic rings. The highest BCUT2D eigenvalue weighted by atomic mass is 16.5. The molecule has 0 saturated carbocycles. The van der Waals surface area contributed by atoms with Gasteiger partial charge in [-0.1, -0.05) is 6.92 Å². The second-order valence-corrected chi connectivity index (χ2v) is 6.57. The summed E-state index contributed by atoms with van der Waals surface area (Å²) in [7, 11) is 0. The Bertz CT molecular complexity index is 251. The zero-order chi connectivity index (χ0) is 15.7. The molecule has 0 aliphatic carbocycles. The average molecular weight is 300 g/mol. The maximum Gasteiger partial charge on any atom is 0.0596 e. The van der Waals surface area contributed by atoms with Crippen molar-refractivity contribution in [2.45, 2.75) is 65.7 Å². The molecule has 0 radical (unpaired) electrons. The van der Waals surface area contributed by atoms with Crippen molar-refractivity contribution in [1.82, 2.24) is 9.80 Å². The van der Waals surface area contributed by atoms with Crippen LogP contribution in [0.25, 0.3) is 0 Å². The fourth-order valence-electron chi connectivity index (χ4n) is 2.85. The van der Waals surface area contributed by atoms with Crippen molar-refractivity contribution in [3.63, 3.8) is 0 Å². The van der Waals surface area contributed by atoms with Crippen LogP contribution < -0.4 is 0 Å². The molecule has 21 heavy (non-hydrogen) atoms. The summed E-state index contributed by atoms with van der Waals surface area (Å²) in [5.41, 5.74) is 0. The molecule has 0 aromatic rings. The summed E-state index contributed by atoms with van der Waals surface area (Å²) in [4.78, 5) is 5.17. The SMILES string of the molecule is CC[C@@H](CCOC(C)C)N1CCN(CCOC(C)C)CC1. The Balaban J connectivity index is 2.20. The molecule has 1 fully saturated rings. The highest BCUT2D eigenvalue weighted by molar-refractivity contribution is 4.78. The molecule has 1 saturated heterocycles. The topological polar surface area (TPSA) is 24.9 Å². The van der Waals surface area contributed by atoms with E-state index < -0.39 is 0 Å². The van der Waals surface area contributed by atoms with Crippen molar-refractivity contribution < 1.29 is 9.47 Å². The second-order valence-electron chi connectivity index (χ2n) is 6.57. The van der Waals surface area contributed by atoms with Crippen LogP contribution in [-0.4, -0.2) is 74.0 Å². The Morgan fingerprint density at radius 1 is 0.857 bits per heavy atom. The lowest BCUT2D eigenvalue weighted by Gasteiger charge is -2.39. The Hall–Kier alpha value is -0.160. The molecular weight excluding hydrogens is 264 g/mol. The van der Waals surface area contributed by atoms with Crippen LogP contribution >= 0.6 is 0 Å². The second kappa shape index (κ2) is 10.5. The number of hydrogen-bond acceptors (Lipinski definition) is 4. The summed E-state index contributed by atoms with van der Waals surface area (Å²) in [5.74, 6) is 0. The predicted molar refractivity (Wildman–Crippen MR) is 88.9 cm³/mol. The highest BCUT2D eigenvalue weighted by Crippen LogP contribution is 2.13. The summed E-state index contributed by atoms with van der Waals surface area (Å²) < 4.78 is 11.4. The van der Waals surface area contributed by atoms with Crippen LogP contribution in [0.2, 0.25) is 0 Å². The van der Waals surface area contributed by atoms with Gasteiger partial charge in [-0.05, 0) is 40.5 Å².